The largest absolute Gasteiger partial charge is 0.508 e. The molecule has 13 heteroatoms. The zero-order valence-electron chi connectivity index (χ0n) is 25.2. The molecule has 2 saturated heterocycles. The van der Waals surface area contributed by atoms with Crippen LogP contribution in [0.5, 0.6) is 17.2 Å². The molecule has 6 rings (SSSR count). The Bertz CT molecular complexity index is 1500. The van der Waals surface area contributed by atoms with Gasteiger partial charge in [0, 0.05) is 66.0 Å². The lowest BCUT2D eigenvalue weighted by molar-refractivity contribution is -0.302. The van der Waals surface area contributed by atoms with Crippen molar-refractivity contribution in [3.63, 3.8) is 0 Å². The van der Waals surface area contributed by atoms with Gasteiger partial charge in [-0.05, 0) is 26.8 Å². The number of aliphatic hydroxyl groups excluding tert-OH is 2. The summed E-state index contributed by atoms with van der Waals surface area (Å²) in [4.78, 5) is 26.2. The van der Waals surface area contributed by atoms with E-state index >= 15 is 0 Å². The van der Waals surface area contributed by atoms with Crippen molar-refractivity contribution in [3.05, 3.63) is 51.6 Å². The van der Waals surface area contributed by atoms with E-state index in [0.717, 1.165) is 0 Å². The highest BCUT2D eigenvalue weighted by Gasteiger charge is 2.49. The smallest absolute Gasteiger partial charge is 0.197 e. The zero-order chi connectivity index (χ0) is 32.5. The van der Waals surface area contributed by atoms with Gasteiger partial charge in [0.15, 0.2) is 24.1 Å². The Hall–Kier alpha value is -3.14. The molecule has 0 aromatic heterocycles. The first kappa shape index (κ1) is 31.8. The number of aliphatic hydroxyl groups is 3. The number of carbonyl (C=O) groups excluding carboxylic acids is 2. The summed E-state index contributed by atoms with van der Waals surface area (Å²) in [6, 6.07) is 3.81. The van der Waals surface area contributed by atoms with Crippen LogP contribution in [-0.4, -0.2) is 96.9 Å². The fourth-order valence-corrected chi connectivity index (χ4v) is 7.08. The Morgan fingerprint density at radius 3 is 2.33 bits per heavy atom. The fourth-order valence-electron chi connectivity index (χ4n) is 7.08. The minimum atomic E-state index is -1.97. The molecule has 244 valence electrons. The van der Waals surface area contributed by atoms with Crippen LogP contribution in [-0.2, 0) is 36.6 Å². The number of phenolic OH excluding ortho intramolecular Hbond substituents is 3. The van der Waals surface area contributed by atoms with Crippen LogP contribution in [0.4, 0.5) is 0 Å². The Morgan fingerprint density at radius 1 is 0.978 bits per heavy atom. The van der Waals surface area contributed by atoms with E-state index in [0.29, 0.717) is 5.56 Å². The van der Waals surface area contributed by atoms with E-state index in [4.69, 9.17) is 24.7 Å². The summed E-state index contributed by atoms with van der Waals surface area (Å²) < 4.78 is 24.1. The Labute approximate surface area is 259 Å². The molecule has 0 radical (unpaired) electrons. The SMILES string of the molecule is CC(=O)[C@]1(O)Cc2c(O)c3c(c(O)c2[C@@H](O[C@H]2C[C@H](N)[C@H](O[C@H]4C[C@H](O)[C@H](O)[C@H](C)O4)[C@H](C)O2)C1)Cc1c(O)cccc1C3=O. The molecule has 0 spiro atoms. The summed E-state index contributed by atoms with van der Waals surface area (Å²) in [6.07, 6.45) is -7.52. The second-order valence-electron chi connectivity index (χ2n) is 12.7. The minimum Gasteiger partial charge on any atom is -0.508 e. The number of aromatic hydroxyl groups is 3. The van der Waals surface area contributed by atoms with Crippen LogP contribution >= 0.6 is 0 Å². The van der Waals surface area contributed by atoms with E-state index in [-0.39, 0.29) is 71.4 Å². The van der Waals surface area contributed by atoms with Crippen LogP contribution in [0.25, 0.3) is 0 Å². The van der Waals surface area contributed by atoms with Gasteiger partial charge in [0.1, 0.15) is 35.1 Å². The third-order valence-corrected chi connectivity index (χ3v) is 9.65. The van der Waals surface area contributed by atoms with Gasteiger partial charge < -0.3 is 55.3 Å². The van der Waals surface area contributed by atoms with Gasteiger partial charge in [0.25, 0.3) is 0 Å². The van der Waals surface area contributed by atoms with Gasteiger partial charge >= 0.3 is 0 Å². The highest BCUT2D eigenvalue weighted by atomic mass is 16.7. The average molecular weight is 630 g/mol. The number of ether oxygens (including phenoxy) is 4. The molecule has 45 heavy (non-hydrogen) atoms. The van der Waals surface area contributed by atoms with Crippen LogP contribution in [0.15, 0.2) is 18.2 Å². The summed E-state index contributed by atoms with van der Waals surface area (Å²) in [5.74, 6) is -2.13. The first-order chi connectivity index (χ1) is 21.2. The van der Waals surface area contributed by atoms with Gasteiger partial charge in [-0.3, -0.25) is 9.59 Å². The monoisotopic (exact) mass is 629 g/mol. The maximum atomic E-state index is 13.5. The molecule has 8 N–H and O–H groups in total. The van der Waals surface area contributed by atoms with Crippen LogP contribution in [0.2, 0.25) is 0 Å². The Balaban J connectivity index is 1.29. The topological polar surface area (TPSA) is 218 Å². The van der Waals surface area contributed by atoms with Crippen molar-refractivity contribution in [3.8, 4) is 17.2 Å². The average Bonchev–Trinajstić information content (AvgIpc) is 2.96. The fraction of sp³-hybridized carbons (Fsp3) is 0.562. The molecule has 2 fully saturated rings. The van der Waals surface area contributed by atoms with E-state index in [1.165, 1.54) is 25.1 Å². The third kappa shape index (κ3) is 5.40. The lowest BCUT2D eigenvalue weighted by atomic mass is 9.72. The van der Waals surface area contributed by atoms with Crippen molar-refractivity contribution in [1.82, 2.24) is 0 Å². The normalized spacial score (nSPS) is 36.2. The molecule has 4 aliphatic rings. The molecule has 0 bridgehead atoms. The lowest BCUT2D eigenvalue weighted by Crippen LogP contribution is -2.56. The number of benzene rings is 2. The molecule has 10 atom stereocenters. The van der Waals surface area contributed by atoms with Gasteiger partial charge in [0.2, 0.25) is 0 Å². The van der Waals surface area contributed by atoms with Gasteiger partial charge in [0.05, 0.1) is 30.0 Å². The molecule has 2 aliphatic carbocycles. The molecular weight excluding hydrogens is 590 g/mol. The third-order valence-electron chi connectivity index (χ3n) is 9.65. The highest BCUT2D eigenvalue weighted by Crippen LogP contribution is 2.52. The maximum Gasteiger partial charge on any atom is 0.197 e. The van der Waals surface area contributed by atoms with Crippen molar-refractivity contribution in [2.24, 2.45) is 5.73 Å². The first-order valence-corrected chi connectivity index (χ1v) is 15.1. The van der Waals surface area contributed by atoms with Crippen molar-refractivity contribution in [2.75, 3.05) is 0 Å². The van der Waals surface area contributed by atoms with Crippen molar-refractivity contribution >= 4 is 11.6 Å². The maximum absolute atomic E-state index is 13.5. The number of hydrogen-bond acceptors (Lipinski definition) is 13. The first-order valence-electron chi connectivity index (χ1n) is 15.1. The van der Waals surface area contributed by atoms with E-state index < -0.39 is 78.2 Å². The summed E-state index contributed by atoms with van der Waals surface area (Å²) in [7, 11) is 0. The van der Waals surface area contributed by atoms with Crippen molar-refractivity contribution in [2.45, 2.75) is 114 Å². The van der Waals surface area contributed by atoms with Gasteiger partial charge in [-0.2, -0.15) is 0 Å². The quantitative estimate of drug-likeness (QED) is 0.196. The number of fused-ring (bicyclic) bond motifs is 3. The predicted octanol–water partition coefficient (Wildman–Crippen LogP) is 0.967. The number of ketones is 2. The standard InChI is InChI=1S/C32H39NO12/c1-12-27(37)21(36)9-24(42-12)45-31-13(2)43-23(8-19(31)33)44-22-11-32(41,14(3)34)10-18-25(22)29(39)17-7-16-15(5-4-6-20(16)35)28(38)26(17)30(18)40/h4-6,12-13,19,21-24,27,31,35-37,39-41H,7-11,33H2,1-3H3/t12-,13-,19-,21-,22-,23-,24-,27+,31+,32-/m0/s1. The molecule has 2 heterocycles. The number of Topliss-reactive ketones (excluding diaryl/α,β-unsaturated/α-hetero) is 1. The molecule has 0 unspecified atom stereocenters. The Kier molecular flexibility index (Phi) is 8.19. The van der Waals surface area contributed by atoms with Crippen LogP contribution < -0.4 is 5.73 Å². The van der Waals surface area contributed by atoms with Crippen molar-refractivity contribution < 1.29 is 59.2 Å². The summed E-state index contributed by atoms with van der Waals surface area (Å²) in [6.45, 7) is 4.55. The van der Waals surface area contributed by atoms with E-state index in [1.54, 1.807) is 13.8 Å². The van der Waals surface area contributed by atoms with Gasteiger partial charge in [-0.1, -0.05) is 12.1 Å². The number of nitrogens with two attached hydrogens (primary N) is 1. The van der Waals surface area contributed by atoms with E-state index in [9.17, 15) is 40.2 Å². The molecule has 2 aromatic rings. The highest BCUT2D eigenvalue weighted by molar-refractivity contribution is 6.15. The molecule has 0 saturated carbocycles. The van der Waals surface area contributed by atoms with Crippen LogP contribution in [0.3, 0.4) is 0 Å². The molecule has 2 aliphatic heterocycles. The van der Waals surface area contributed by atoms with Gasteiger partial charge in [-0.15, -0.1) is 0 Å². The second-order valence-corrected chi connectivity index (χ2v) is 12.7. The number of hydrogen-bond donors (Lipinski definition) is 7. The number of carbonyl (C=O) groups is 2. The summed E-state index contributed by atoms with van der Waals surface area (Å²) in [5.41, 5.74) is 5.07. The van der Waals surface area contributed by atoms with Crippen molar-refractivity contribution in [1.29, 1.82) is 0 Å². The second kappa shape index (κ2) is 11.6. The zero-order valence-corrected chi connectivity index (χ0v) is 25.2. The molecule has 13 nitrogen and oxygen atoms in total. The molecule has 0 amide bonds. The molecule has 2 aromatic carbocycles. The predicted molar refractivity (Wildman–Crippen MR) is 155 cm³/mol. The summed E-state index contributed by atoms with van der Waals surface area (Å²) in [5, 5.41) is 65.0. The van der Waals surface area contributed by atoms with E-state index in [1.807, 2.05) is 0 Å². The lowest BCUT2D eigenvalue weighted by Gasteiger charge is -2.44. The minimum absolute atomic E-state index is 0.0100. The van der Waals surface area contributed by atoms with E-state index in [2.05, 4.69) is 0 Å². The van der Waals surface area contributed by atoms with Gasteiger partial charge in [-0.25, -0.2) is 0 Å². The molecular formula is C32H39NO12. The van der Waals surface area contributed by atoms with Crippen LogP contribution in [0, 0.1) is 0 Å². The number of phenols is 3. The Morgan fingerprint density at radius 2 is 1.67 bits per heavy atom. The summed E-state index contributed by atoms with van der Waals surface area (Å²) >= 11 is 0. The van der Waals surface area contributed by atoms with Crippen LogP contribution in [0.1, 0.15) is 84.3 Å². The number of rotatable bonds is 5.